The van der Waals surface area contributed by atoms with E-state index in [-0.39, 0.29) is 18.1 Å². The van der Waals surface area contributed by atoms with Crippen LogP contribution in [0.2, 0.25) is 0 Å². The normalized spacial score (nSPS) is 18.9. The minimum atomic E-state index is -0.304. The van der Waals surface area contributed by atoms with E-state index in [2.05, 4.69) is 5.32 Å². The Kier molecular flexibility index (Phi) is 4.31. The zero-order valence-electron chi connectivity index (χ0n) is 10.7. The Morgan fingerprint density at radius 1 is 1.50 bits per heavy atom. The third-order valence-corrected chi connectivity index (χ3v) is 3.42. The molecule has 0 bridgehead atoms. The molecule has 98 valence electrons. The molecule has 18 heavy (non-hydrogen) atoms. The molecular weight excluding hydrogens is 231 g/mol. The maximum atomic E-state index is 13.4. The molecule has 1 aromatic carbocycles. The summed E-state index contributed by atoms with van der Waals surface area (Å²) >= 11 is 0. The number of carbonyl (C=O) groups excluding carboxylic acids is 1. The Hall–Kier alpha value is -1.42. The fourth-order valence-corrected chi connectivity index (χ4v) is 2.30. The number of amides is 1. The quantitative estimate of drug-likeness (QED) is 0.877. The third kappa shape index (κ3) is 3.29. The van der Waals surface area contributed by atoms with Crippen molar-refractivity contribution in [3.8, 4) is 0 Å². The van der Waals surface area contributed by atoms with E-state index < -0.39 is 0 Å². The number of hydrogen-bond donors (Lipinski definition) is 1. The maximum Gasteiger partial charge on any atom is 0.226 e. The first-order chi connectivity index (χ1) is 8.66. The summed E-state index contributed by atoms with van der Waals surface area (Å²) < 4.78 is 13.4. The van der Waals surface area contributed by atoms with Crippen molar-refractivity contribution in [2.45, 2.75) is 12.8 Å². The molecule has 4 heteroatoms. The average molecular weight is 250 g/mol. The van der Waals surface area contributed by atoms with Gasteiger partial charge in [-0.1, -0.05) is 18.2 Å². The molecule has 1 amide bonds. The number of benzene rings is 1. The summed E-state index contributed by atoms with van der Waals surface area (Å²) in [5.41, 5.74) is 0.471. The smallest absolute Gasteiger partial charge is 0.226 e. The van der Waals surface area contributed by atoms with Gasteiger partial charge >= 0.3 is 0 Å². The zero-order chi connectivity index (χ0) is 13.0. The van der Waals surface area contributed by atoms with Gasteiger partial charge in [0.25, 0.3) is 0 Å². The molecule has 1 saturated heterocycles. The molecule has 1 fully saturated rings. The first-order valence-electron chi connectivity index (χ1n) is 6.35. The van der Waals surface area contributed by atoms with Gasteiger partial charge in [0.05, 0.1) is 6.42 Å². The monoisotopic (exact) mass is 250 g/mol. The van der Waals surface area contributed by atoms with Gasteiger partial charge in [-0.3, -0.25) is 4.79 Å². The first kappa shape index (κ1) is 13.0. The van der Waals surface area contributed by atoms with Crippen molar-refractivity contribution >= 4 is 5.91 Å². The highest BCUT2D eigenvalue weighted by molar-refractivity contribution is 5.78. The second kappa shape index (κ2) is 5.96. The fourth-order valence-electron chi connectivity index (χ4n) is 2.30. The predicted molar refractivity (Wildman–Crippen MR) is 68.7 cm³/mol. The Bertz CT molecular complexity index is 416. The van der Waals surface area contributed by atoms with Crippen LogP contribution in [0, 0.1) is 11.7 Å². The fraction of sp³-hybridized carbons (Fsp3) is 0.500. The van der Waals surface area contributed by atoms with Crippen LogP contribution in [0.3, 0.4) is 0 Å². The standard InChI is InChI=1S/C14H19FN2O/c1-17(10-11-6-7-16-9-11)14(18)8-12-4-2-3-5-13(12)15/h2-5,11,16H,6-10H2,1H3. The van der Waals surface area contributed by atoms with E-state index in [1.807, 2.05) is 0 Å². The predicted octanol–water partition coefficient (Wildman–Crippen LogP) is 1.44. The van der Waals surface area contributed by atoms with Gasteiger partial charge in [-0.05, 0) is 37.1 Å². The second-order valence-electron chi connectivity index (χ2n) is 4.90. The third-order valence-electron chi connectivity index (χ3n) is 3.42. The van der Waals surface area contributed by atoms with E-state index in [1.165, 1.54) is 6.07 Å². The Morgan fingerprint density at radius 3 is 2.94 bits per heavy atom. The van der Waals surface area contributed by atoms with Gasteiger partial charge in [0.15, 0.2) is 0 Å². The first-order valence-corrected chi connectivity index (χ1v) is 6.35. The molecular formula is C14H19FN2O. The Labute approximate surface area is 107 Å². The molecule has 1 heterocycles. The van der Waals surface area contributed by atoms with Crippen molar-refractivity contribution in [1.82, 2.24) is 10.2 Å². The van der Waals surface area contributed by atoms with Crippen molar-refractivity contribution < 1.29 is 9.18 Å². The molecule has 0 saturated carbocycles. The lowest BCUT2D eigenvalue weighted by Crippen LogP contribution is -2.33. The summed E-state index contributed by atoms with van der Waals surface area (Å²) in [5.74, 6) is 0.202. The molecule has 1 aliphatic rings. The number of nitrogens with one attached hydrogen (secondary N) is 1. The summed E-state index contributed by atoms with van der Waals surface area (Å²) in [6.07, 6.45) is 1.25. The van der Waals surface area contributed by atoms with Crippen molar-refractivity contribution in [2.24, 2.45) is 5.92 Å². The van der Waals surface area contributed by atoms with E-state index in [0.717, 1.165) is 26.1 Å². The highest BCUT2D eigenvalue weighted by atomic mass is 19.1. The number of hydrogen-bond acceptors (Lipinski definition) is 2. The van der Waals surface area contributed by atoms with Gasteiger partial charge in [-0.2, -0.15) is 0 Å². The van der Waals surface area contributed by atoms with Gasteiger partial charge in [0, 0.05) is 13.6 Å². The zero-order valence-corrected chi connectivity index (χ0v) is 10.7. The average Bonchev–Trinajstić information content (AvgIpc) is 2.84. The molecule has 0 aliphatic carbocycles. The summed E-state index contributed by atoms with van der Waals surface area (Å²) in [6.45, 7) is 2.75. The van der Waals surface area contributed by atoms with Crippen LogP contribution >= 0.6 is 0 Å². The van der Waals surface area contributed by atoms with E-state index in [9.17, 15) is 9.18 Å². The number of rotatable bonds is 4. The molecule has 1 atom stereocenters. The van der Waals surface area contributed by atoms with Gasteiger partial charge < -0.3 is 10.2 Å². The van der Waals surface area contributed by atoms with Crippen molar-refractivity contribution in [3.05, 3.63) is 35.6 Å². The van der Waals surface area contributed by atoms with Crippen LogP contribution in [-0.4, -0.2) is 37.5 Å². The molecule has 0 spiro atoms. The Balaban J connectivity index is 1.89. The minimum absolute atomic E-state index is 0.0213. The lowest BCUT2D eigenvalue weighted by atomic mass is 10.1. The van der Waals surface area contributed by atoms with Crippen LogP contribution in [0.4, 0.5) is 4.39 Å². The van der Waals surface area contributed by atoms with E-state index in [0.29, 0.717) is 11.5 Å². The molecule has 1 N–H and O–H groups in total. The molecule has 0 aromatic heterocycles. The Morgan fingerprint density at radius 2 is 2.28 bits per heavy atom. The van der Waals surface area contributed by atoms with Crippen LogP contribution in [0.1, 0.15) is 12.0 Å². The second-order valence-corrected chi connectivity index (χ2v) is 4.90. The van der Waals surface area contributed by atoms with E-state index in [1.54, 1.807) is 30.1 Å². The van der Waals surface area contributed by atoms with Crippen molar-refractivity contribution in [2.75, 3.05) is 26.7 Å². The minimum Gasteiger partial charge on any atom is -0.345 e. The lowest BCUT2D eigenvalue weighted by molar-refractivity contribution is -0.129. The van der Waals surface area contributed by atoms with Crippen LogP contribution in [0.15, 0.2) is 24.3 Å². The molecule has 1 aromatic rings. The molecule has 1 unspecified atom stereocenters. The van der Waals surface area contributed by atoms with Crippen LogP contribution in [0.5, 0.6) is 0 Å². The van der Waals surface area contributed by atoms with Gasteiger partial charge in [0.2, 0.25) is 5.91 Å². The molecule has 2 rings (SSSR count). The van der Waals surface area contributed by atoms with Gasteiger partial charge in [-0.15, -0.1) is 0 Å². The SMILES string of the molecule is CN(CC1CCNC1)C(=O)Cc1ccccc1F. The van der Waals surface area contributed by atoms with Crippen molar-refractivity contribution in [1.29, 1.82) is 0 Å². The summed E-state index contributed by atoms with van der Waals surface area (Å²) in [7, 11) is 1.79. The van der Waals surface area contributed by atoms with Crippen molar-refractivity contribution in [3.63, 3.8) is 0 Å². The van der Waals surface area contributed by atoms with Crippen LogP contribution < -0.4 is 5.32 Å². The van der Waals surface area contributed by atoms with Crippen LogP contribution in [-0.2, 0) is 11.2 Å². The topological polar surface area (TPSA) is 32.3 Å². The van der Waals surface area contributed by atoms with Gasteiger partial charge in [0.1, 0.15) is 5.82 Å². The van der Waals surface area contributed by atoms with Crippen LogP contribution in [0.25, 0.3) is 0 Å². The highest BCUT2D eigenvalue weighted by Gasteiger charge is 2.19. The van der Waals surface area contributed by atoms with E-state index >= 15 is 0 Å². The number of nitrogens with zero attached hydrogens (tertiary/aromatic N) is 1. The number of halogens is 1. The summed E-state index contributed by atoms with van der Waals surface area (Å²) in [5, 5.41) is 3.28. The largest absolute Gasteiger partial charge is 0.345 e. The number of likely N-dealkylation sites (N-methyl/N-ethyl adjacent to an activating group) is 1. The van der Waals surface area contributed by atoms with Gasteiger partial charge in [-0.25, -0.2) is 4.39 Å². The molecule has 3 nitrogen and oxygen atoms in total. The maximum absolute atomic E-state index is 13.4. The summed E-state index contributed by atoms with van der Waals surface area (Å²) in [6, 6.07) is 6.45. The molecule has 0 radical (unpaired) electrons. The van der Waals surface area contributed by atoms with E-state index in [4.69, 9.17) is 0 Å². The lowest BCUT2D eigenvalue weighted by Gasteiger charge is -2.20. The highest BCUT2D eigenvalue weighted by Crippen LogP contribution is 2.12. The molecule has 1 aliphatic heterocycles. The summed E-state index contributed by atoms with van der Waals surface area (Å²) in [4.78, 5) is 13.7. The number of carbonyl (C=O) groups is 1.